The van der Waals surface area contributed by atoms with Crippen LogP contribution in [0.1, 0.15) is 6.92 Å². The number of thioether (sulfide) groups is 1. The zero-order chi connectivity index (χ0) is 16.9. The van der Waals surface area contributed by atoms with Crippen LogP contribution in [0.2, 0.25) is 0 Å². The van der Waals surface area contributed by atoms with E-state index in [-0.39, 0.29) is 11.2 Å². The molecule has 2 aromatic heterocycles. The normalized spacial score (nSPS) is 12.4. The zero-order valence-corrected chi connectivity index (χ0v) is 14.2. The molecule has 0 bridgehead atoms. The highest BCUT2D eigenvalue weighted by Crippen LogP contribution is 2.30. The van der Waals surface area contributed by atoms with Gasteiger partial charge in [0.1, 0.15) is 0 Å². The number of hydrogen-bond donors (Lipinski definition) is 2. The van der Waals surface area contributed by atoms with Gasteiger partial charge in [0.2, 0.25) is 5.91 Å². The van der Waals surface area contributed by atoms with Gasteiger partial charge in [0.15, 0.2) is 0 Å². The second-order valence-corrected chi connectivity index (χ2v) is 6.46. The minimum absolute atomic E-state index is 0.0936. The highest BCUT2D eigenvalue weighted by Gasteiger charge is 2.19. The van der Waals surface area contributed by atoms with E-state index in [2.05, 4.69) is 20.5 Å². The molecule has 0 aliphatic heterocycles. The number of H-pyrrole nitrogens is 1. The summed E-state index contributed by atoms with van der Waals surface area (Å²) in [5.74, 6) is 0.339. The number of amides is 1. The number of nitrogens with one attached hydrogen (secondary N) is 2. The molecule has 126 valence electrons. The lowest BCUT2D eigenvalue weighted by Crippen LogP contribution is -2.33. The molecular formula is C16H18N4O3S. The number of aromatic amines is 1. The maximum atomic E-state index is 12.0. The van der Waals surface area contributed by atoms with Crippen LogP contribution in [0.4, 0.5) is 0 Å². The maximum Gasteiger partial charge on any atom is 0.277 e. The van der Waals surface area contributed by atoms with Crippen molar-refractivity contribution in [1.82, 2.24) is 20.5 Å². The van der Waals surface area contributed by atoms with Gasteiger partial charge in [-0.2, -0.15) is 0 Å². The van der Waals surface area contributed by atoms with Gasteiger partial charge in [-0.05, 0) is 13.0 Å². The number of carbonyl (C=O) groups is 1. The SMILES string of the molecule is COCCNC(=O)[C@@H](C)Sc1nnc(-c2c[nH]c3ccccc23)o1. The highest BCUT2D eigenvalue weighted by atomic mass is 32.2. The van der Waals surface area contributed by atoms with Crippen LogP contribution >= 0.6 is 11.8 Å². The van der Waals surface area contributed by atoms with Crippen LogP contribution in [0.5, 0.6) is 0 Å². The van der Waals surface area contributed by atoms with Gasteiger partial charge in [-0.3, -0.25) is 4.79 Å². The van der Waals surface area contributed by atoms with Crippen molar-refractivity contribution in [2.24, 2.45) is 0 Å². The Hall–Kier alpha value is -2.32. The maximum absolute atomic E-state index is 12.0. The van der Waals surface area contributed by atoms with Crippen molar-refractivity contribution in [3.63, 3.8) is 0 Å². The van der Waals surface area contributed by atoms with Gasteiger partial charge in [-0.25, -0.2) is 0 Å². The topological polar surface area (TPSA) is 93.0 Å². The van der Waals surface area contributed by atoms with E-state index in [0.29, 0.717) is 24.3 Å². The molecule has 2 N–H and O–H groups in total. The first-order valence-corrected chi connectivity index (χ1v) is 8.40. The Balaban J connectivity index is 1.68. The van der Waals surface area contributed by atoms with Crippen molar-refractivity contribution in [2.75, 3.05) is 20.3 Å². The minimum atomic E-state index is -0.335. The summed E-state index contributed by atoms with van der Waals surface area (Å²) in [7, 11) is 1.59. The second-order valence-electron chi connectivity index (χ2n) is 5.16. The Labute approximate surface area is 143 Å². The molecule has 8 heteroatoms. The average Bonchev–Trinajstić information content (AvgIpc) is 3.21. The fourth-order valence-electron chi connectivity index (χ4n) is 2.24. The van der Waals surface area contributed by atoms with Crippen molar-refractivity contribution < 1.29 is 13.9 Å². The van der Waals surface area contributed by atoms with Gasteiger partial charge in [-0.1, -0.05) is 30.0 Å². The predicted octanol–water partition coefficient (Wildman–Crippen LogP) is 2.46. The summed E-state index contributed by atoms with van der Waals surface area (Å²) < 4.78 is 10.6. The van der Waals surface area contributed by atoms with E-state index in [1.165, 1.54) is 11.8 Å². The second kappa shape index (κ2) is 7.50. The van der Waals surface area contributed by atoms with Crippen LogP contribution in [-0.2, 0) is 9.53 Å². The van der Waals surface area contributed by atoms with Crippen LogP contribution in [-0.4, -0.2) is 46.6 Å². The predicted molar refractivity (Wildman–Crippen MR) is 91.8 cm³/mol. The molecule has 0 radical (unpaired) electrons. The summed E-state index contributed by atoms with van der Waals surface area (Å²) >= 11 is 1.23. The fourth-order valence-corrected chi connectivity index (χ4v) is 2.95. The van der Waals surface area contributed by atoms with E-state index in [1.807, 2.05) is 30.5 Å². The summed E-state index contributed by atoms with van der Waals surface area (Å²) in [6, 6.07) is 7.89. The van der Waals surface area contributed by atoms with Gasteiger partial charge in [0.25, 0.3) is 11.1 Å². The van der Waals surface area contributed by atoms with Gasteiger partial charge in [-0.15, -0.1) is 10.2 Å². The fraction of sp³-hybridized carbons (Fsp3) is 0.312. The monoisotopic (exact) mass is 346 g/mol. The molecule has 0 saturated heterocycles. The first kappa shape index (κ1) is 16.5. The van der Waals surface area contributed by atoms with Crippen molar-refractivity contribution >= 4 is 28.6 Å². The molecular weight excluding hydrogens is 328 g/mol. The van der Waals surface area contributed by atoms with E-state index < -0.39 is 0 Å². The molecule has 0 fully saturated rings. The molecule has 0 aliphatic carbocycles. The molecule has 1 amide bonds. The number of ether oxygens (including phenoxy) is 1. The zero-order valence-electron chi connectivity index (χ0n) is 13.4. The molecule has 1 atom stereocenters. The summed E-state index contributed by atoms with van der Waals surface area (Å²) in [5.41, 5.74) is 1.85. The third-order valence-electron chi connectivity index (χ3n) is 3.48. The quantitative estimate of drug-likeness (QED) is 0.504. The third-order valence-corrected chi connectivity index (χ3v) is 4.41. The smallest absolute Gasteiger partial charge is 0.277 e. The molecule has 0 saturated carbocycles. The number of rotatable bonds is 7. The van der Waals surface area contributed by atoms with Crippen LogP contribution in [0.3, 0.4) is 0 Å². The van der Waals surface area contributed by atoms with Gasteiger partial charge in [0, 0.05) is 30.8 Å². The molecule has 24 heavy (non-hydrogen) atoms. The number of para-hydroxylation sites is 1. The summed E-state index contributed by atoms with van der Waals surface area (Å²) in [6.45, 7) is 2.75. The molecule has 0 spiro atoms. The van der Waals surface area contributed by atoms with Crippen LogP contribution in [0.25, 0.3) is 22.4 Å². The summed E-state index contributed by atoms with van der Waals surface area (Å²) in [4.78, 5) is 15.1. The van der Waals surface area contributed by atoms with Gasteiger partial charge in [0.05, 0.1) is 17.4 Å². The highest BCUT2D eigenvalue weighted by molar-refractivity contribution is 8.00. The van der Waals surface area contributed by atoms with Crippen molar-refractivity contribution in [3.8, 4) is 11.5 Å². The Morgan fingerprint density at radius 1 is 1.42 bits per heavy atom. The molecule has 7 nitrogen and oxygen atoms in total. The average molecular weight is 346 g/mol. The number of fused-ring (bicyclic) bond motifs is 1. The third kappa shape index (κ3) is 3.60. The number of methoxy groups -OCH3 is 1. The van der Waals surface area contributed by atoms with Crippen LogP contribution < -0.4 is 5.32 Å². The lowest BCUT2D eigenvalue weighted by Gasteiger charge is -2.08. The standard InChI is InChI=1S/C16H18N4O3S/c1-10(14(21)17-7-8-22-2)24-16-20-19-15(23-16)12-9-18-13-6-4-3-5-11(12)13/h3-6,9-10,18H,7-8H2,1-2H3,(H,17,21)/t10-/m1/s1. The molecule has 1 aromatic carbocycles. The Morgan fingerprint density at radius 3 is 3.08 bits per heavy atom. The summed E-state index contributed by atoms with van der Waals surface area (Å²) in [5, 5.41) is 11.9. The Bertz CT molecular complexity index is 829. The first-order chi connectivity index (χ1) is 11.7. The van der Waals surface area contributed by atoms with Gasteiger partial charge >= 0.3 is 0 Å². The number of aromatic nitrogens is 3. The van der Waals surface area contributed by atoms with Crippen molar-refractivity contribution in [2.45, 2.75) is 17.4 Å². The van der Waals surface area contributed by atoms with Crippen LogP contribution in [0, 0.1) is 0 Å². The molecule has 3 aromatic rings. The molecule has 2 heterocycles. The Kier molecular flexibility index (Phi) is 5.17. The lowest BCUT2D eigenvalue weighted by atomic mass is 10.2. The molecule has 3 rings (SSSR count). The van der Waals surface area contributed by atoms with Crippen LogP contribution in [0.15, 0.2) is 40.1 Å². The number of benzene rings is 1. The molecule has 0 unspecified atom stereocenters. The summed E-state index contributed by atoms with van der Waals surface area (Å²) in [6.07, 6.45) is 1.84. The molecule has 0 aliphatic rings. The van der Waals surface area contributed by atoms with Gasteiger partial charge < -0.3 is 19.5 Å². The Morgan fingerprint density at radius 2 is 2.25 bits per heavy atom. The number of carbonyl (C=O) groups excluding carboxylic acids is 1. The first-order valence-electron chi connectivity index (χ1n) is 7.52. The lowest BCUT2D eigenvalue weighted by molar-refractivity contribution is -0.120. The van der Waals surface area contributed by atoms with E-state index in [4.69, 9.17) is 9.15 Å². The van der Waals surface area contributed by atoms with E-state index in [9.17, 15) is 4.79 Å². The van der Waals surface area contributed by atoms with E-state index in [1.54, 1.807) is 14.0 Å². The van der Waals surface area contributed by atoms with E-state index >= 15 is 0 Å². The van der Waals surface area contributed by atoms with E-state index in [0.717, 1.165) is 16.5 Å². The largest absolute Gasteiger partial charge is 0.411 e. The van der Waals surface area contributed by atoms with Crippen molar-refractivity contribution in [1.29, 1.82) is 0 Å². The number of hydrogen-bond acceptors (Lipinski definition) is 6. The minimum Gasteiger partial charge on any atom is -0.411 e. The number of nitrogens with zero attached hydrogens (tertiary/aromatic N) is 2. The van der Waals surface area contributed by atoms with Crippen molar-refractivity contribution in [3.05, 3.63) is 30.5 Å².